The van der Waals surface area contributed by atoms with Gasteiger partial charge in [-0.2, -0.15) is 0 Å². The lowest BCUT2D eigenvalue weighted by molar-refractivity contribution is 1.41. The van der Waals surface area contributed by atoms with Crippen molar-refractivity contribution in [2.75, 3.05) is 0 Å². The Morgan fingerprint density at radius 1 is 1.62 bits per heavy atom. The molecule has 0 rings (SSSR count). The van der Waals surface area contributed by atoms with E-state index in [9.17, 15) is 0 Å². The summed E-state index contributed by atoms with van der Waals surface area (Å²) in [6, 6.07) is 0. The first kappa shape index (κ1) is 7.08. The van der Waals surface area contributed by atoms with Gasteiger partial charge in [0.05, 0.1) is 0 Å². The Hall–Kier alpha value is -0.920. The van der Waals surface area contributed by atoms with E-state index >= 15 is 0 Å². The van der Waals surface area contributed by atoms with E-state index in [1.807, 2.05) is 6.92 Å². The summed E-state index contributed by atoms with van der Waals surface area (Å²) in [6.07, 6.45) is 5.16. The molecule has 0 bridgehead atoms. The smallest absolute Gasteiger partial charge is 0.0363 e. The van der Waals surface area contributed by atoms with Crippen LogP contribution >= 0.6 is 0 Å². The Bertz CT molecular complexity index is 114. The lowest BCUT2D eigenvalue weighted by atomic mass is 10.3. The largest absolute Gasteiger partial charge is 0.313 e. The highest BCUT2D eigenvalue weighted by molar-refractivity contribution is 6.00. The van der Waals surface area contributed by atoms with Crippen molar-refractivity contribution in [3.8, 4) is 0 Å². The zero-order valence-corrected chi connectivity index (χ0v) is 4.94. The molecule has 0 aromatic rings. The van der Waals surface area contributed by atoms with Crippen molar-refractivity contribution in [1.29, 1.82) is 10.8 Å². The summed E-state index contributed by atoms with van der Waals surface area (Å²) in [5, 5.41) is 13.7. The van der Waals surface area contributed by atoms with Gasteiger partial charge in [0, 0.05) is 18.3 Å². The van der Waals surface area contributed by atoms with Gasteiger partial charge in [-0.15, -0.1) is 0 Å². The fraction of sp³-hybridized carbons (Fsp3) is 0.333. The molecule has 0 unspecified atom stereocenters. The lowest BCUT2D eigenvalue weighted by Crippen LogP contribution is -1.89. The van der Waals surface area contributed by atoms with Crippen LogP contribution in [0.3, 0.4) is 0 Å². The topological polar surface area (TPSA) is 47.7 Å². The van der Waals surface area contributed by atoms with Gasteiger partial charge in [-0.1, -0.05) is 6.08 Å². The van der Waals surface area contributed by atoms with Gasteiger partial charge in [-0.05, 0) is 13.0 Å². The normalized spacial score (nSPS) is 9.62. The number of nitrogens with one attached hydrogen (secondary N) is 2. The summed E-state index contributed by atoms with van der Waals surface area (Å²) in [4.78, 5) is 0. The maximum Gasteiger partial charge on any atom is 0.0363 e. The van der Waals surface area contributed by atoms with Crippen LogP contribution in [0.2, 0.25) is 0 Å². The average Bonchev–Trinajstić information content (AvgIpc) is 1.68. The summed E-state index contributed by atoms with van der Waals surface area (Å²) < 4.78 is 0. The molecule has 2 N–H and O–H groups in total. The molecule has 0 fully saturated rings. The van der Waals surface area contributed by atoms with E-state index < -0.39 is 0 Å². The predicted molar refractivity (Wildman–Crippen MR) is 35.9 cm³/mol. The lowest BCUT2D eigenvalue weighted by Gasteiger charge is -1.84. The van der Waals surface area contributed by atoms with Crippen molar-refractivity contribution >= 4 is 11.9 Å². The van der Waals surface area contributed by atoms with Gasteiger partial charge in [-0.25, -0.2) is 0 Å². The zero-order chi connectivity index (χ0) is 6.41. The Balaban J connectivity index is 3.48. The fourth-order valence-electron chi connectivity index (χ4n) is 0.379. The summed E-state index contributed by atoms with van der Waals surface area (Å²) in [5.74, 6) is 0. The maximum atomic E-state index is 7.05. The Morgan fingerprint density at radius 2 is 2.25 bits per heavy atom. The third kappa shape index (κ3) is 3.28. The van der Waals surface area contributed by atoms with Crippen molar-refractivity contribution in [3.63, 3.8) is 0 Å². The molecule has 2 heteroatoms. The summed E-state index contributed by atoms with van der Waals surface area (Å²) >= 11 is 0. The molecule has 2 nitrogen and oxygen atoms in total. The van der Waals surface area contributed by atoms with E-state index in [0.717, 1.165) is 0 Å². The van der Waals surface area contributed by atoms with Gasteiger partial charge in [0.15, 0.2) is 0 Å². The van der Waals surface area contributed by atoms with E-state index in [0.29, 0.717) is 12.1 Å². The molecule has 0 spiro atoms. The minimum absolute atomic E-state index is 0.449. The second kappa shape index (κ2) is 4.24. The van der Waals surface area contributed by atoms with Crippen LogP contribution in [0.15, 0.2) is 12.2 Å². The first-order valence-electron chi connectivity index (χ1n) is 2.50. The maximum absolute atomic E-state index is 7.05. The van der Waals surface area contributed by atoms with E-state index in [2.05, 4.69) is 0 Å². The van der Waals surface area contributed by atoms with E-state index in [4.69, 9.17) is 10.8 Å². The molecule has 0 atom stereocenters. The van der Waals surface area contributed by atoms with Gasteiger partial charge < -0.3 is 10.8 Å². The molecule has 0 aliphatic rings. The van der Waals surface area contributed by atoms with Gasteiger partial charge >= 0.3 is 0 Å². The quantitative estimate of drug-likeness (QED) is 0.519. The minimum atomic E-state index is 0.449. The molecule has 0 aliphatic heterocycles. The minimum Gasteiger partial charge on any atom is -0.313 e. The second-order valence-corrected chi connectivity index (χ2v) is 1.43. The molecule has 0 saturated carbocycles. The van der Waals surface area contributed by atoms with Crippen LogP contribution in [0.25, 0.3) is 0 Å². The van der Waals surface area contributed by atoms with Crippen LogP contribution in [0.5, 0.6) is 0 Å². The molecule has 0 radical (unpaired) electrons. The number of hydrogen-bond acceptors (Lipinski definition) is 2. The summed E-state index contributed by atoms with van der Waals surface area (Å²) in [6.45, 7) is 1.86. The Kier molecular flexibility index (Phi) is 3.76. The van der Waals surface area contributed by atoms with Crippen molar-refractivity contribution < 1.29 is 0 Å². The molecule has 8 heavy (non-hydrogen) atoms. The third-order valence-electron chi connectivity index (χ3n) is 0.690. The highest BCUT2D eigenvalue weighted by Crippen LogP contribution is 1.80. The monoisotopic (exact) mass is 110 g/mol. The third-order valence-corrected chi connectivity index (χ3v) is 0.690. The van der Waals surface area contributed by atoms with Crippen LogP contribution in [0.1, 0.15) is 13.3 Å². The SMILES string of the molecule is C/C=C\C(=N)CC=N. The zero-order valence-electron chi connectivity index (χ0n) is 4.94. The summed E-state index contributed by atoms with van der Waals surface area (Å²) in [5.41, 5.74) is 0.488. The van der Waals surface area contributed by atoms with Crippen molar-refractivity contribution in [2.24, 2.45) is 0 Å². The molecular formula is C6H10N2. The molecule has 44 valence electrons. The van der Waals surface area contributed by atoms with E-state index in [-0.39, 0.29) is 0 Å². The second-order valence-electron chi connectivity index (χ2n) is 1.43. The molecule has 0 amide bonds. The van der Waals surface area contributed by atoms with Crippen molar-refractivity contribution in [2.45, 2.75) is 13.3 Å². The molecule has 0 heterocycles. The molecule has 0 aliphatic carbocycles. The van der Waals surface area contributed by atoms with Crippen LogP contribution in [-0.2, 0) is 0 Å². The molecular weight excluding hydrogens is 100 g/mol. The first-order chi connectivity index (χ1) is 3.81. The van der Waals surface area contributed by atoms with E-state index in [1.165, 1.54) is 6.21 Å². The van der Waals surface area contributed by atoms with Gasteiger partial charge in [-0.3, -0.25) is 0 Å². The molecule has 0 saturated heterocycles. The van der Waals surface area contributed by atoms with Crippen LogP contribution in [0, 0.1) is 10.8 Å². The first-order valence-corrected chi connectivity index (χ1v) is 2.50. The van der Waals surface area contributed by atoms with E-state index in [1.54, 1.807) is 12.2 Å². The van der Waals surface area contributed by atoms with Crippen LogP contribution in [-0.4, -0.2) is 11.9 Å². The number of allylic oxidation sites excluding steroid dienone is 2. The van der Waals surface area contributed by atoms with Crippen LogP contribution in [0.4, 0.5) is 0 Å². The molecule has 0 aromatic carbocycles. The standard InChI is InChI=1S/C6H10N2/c1-2-3-6(8)4-5-7/h2-3,5,7-8H,4H2,1H3/b3-2-,7-5?,8-6?. The number of rotatable bonds is 3. The Labute approximate surface area is 49.2 Å². The Morgan fingerprint density at radius 3 is 2.62 bits per heavy atom. The predicted octanol–water partition coefficient (Wildman–Crippen LogP) is 1.62. The van der Waals surface area contributed by atoms with Gasteiger partial charge in [0.2, 0.25) is 0 Å². The average molecular weight is 110 g/mol. The number of hydrogen-bond donors (Lipinski definition) is 2. The van der Waals surface area contributed by atoms with Crippen LogP contribution < -0.4 is 0 Å². The highest BCUT2D eigenvalue weighted by atomic mass is 14.4. The molecule has 0 aromatic heterocycles. The summed E-state index contributed by atoms with van der Waals surface area (Å²) in [7, 11) is 0. The van der Waals surface area contributed by atoms with Crippen molar-refractivity contribution in [1.82, 2.24) is 0 Å². The highest BCUT2D eigenvalue weighted by Gasteiger charge is 1.81. The fourth-order valence-corrected chi connectivity index (χ4v) is 0.379. The van der Waals surface area contributed by atoms with Gasteiger partial charge in [0.25, 0.3) is 0 Å². The van der Waals surface area contributed by atoms with Gasteiger partial charge in [0.1, 0.15) is 0 Å². The van der Waals surface area contributed by atoms with Crippen molar-refractivity contribution in [3.05, 3.63) is 12.2 Å².